The van der Waals surface area contributed by atoms with E-state index in [4.69, 9.17) is 9.47 Å². The summed E-state index contributed by atoms with van der Waals surface area (Å²) >= 11 is 0. The molecule has 1 aromatic carbocycles. The van der Waals surface area contributed by atoms with Crippen molar-refractivity contribution < 1.29 is 9.47 Å². The minimum absolute atomic E-state index is 0.187. The largest absolute Gasteiger partial charge is 0.492 e. The number of benzene rings is 1. The third-order valence-corrected chi connectivity index (χ3v) is 3.38. The highest BCUT2D eigenvalue weighted by Gasteiger charge is 2.19. The molecule has 106 valence electrons. The smallest absolute Gasteiger partial charge is 0.119 e. The molecule has 2 unspecified atom stereocenters. The fraction of sp³-hybridized carbons (Fsp3) is 0.625. The molecule has 3 nitrogen and oxygen atoms in total. The van der Waals surface area contributed by atoms with E-state index < -0.39 is 0 Å². The van der Waals surface area contributed by atoms with Crippen LogP contribution in [0.3, 0.4) is 0 Å². The highest BCUT2D eigenvalue weighted by Crippen LogP contribution is 2.24. The van der Waals surface area contributed by atoms with Crippen LogP contribution in [0.25, 0.3) is 0 Å². The molecule has 2 atom stereocenters. The molecule has 1 saturated heterocycles. The second kappa shape index (κ2) is 5.93. The lowest BCUT2D eigenvalue weighted by Crippen LogP contribution is -2.50. The summed E-state index contributed by atoms with van der Waals surface area (Å²) in [5.74, 6) is 0.924. The van der Waals surface area contributed by atoms with Crippen molar-refractivity contribution in [2.45, 2.75) is 45.2 Å². The molecule has 0 amide bonds. The predicted molar refractivity (Wildman–Crippen MR) is 77.8 cm³/mol. The highest BCUT2D eigenvalue weighted by atomic mass is 16.5. The Morgan fingerprint density at radius 1 is 1.21 bits per heavy atom. The minimum Gasteiger partial charge on any atom is -0.492 e. The number of hydrogen-bond donors (Lipinski definition) is 1. The number of ether oxygens (including phenoxy) is 2. The van der Waals surface area contributed by atoms with Gasteiger partial charge in [-0.3, -0.25) is 0 Å². The summed E-state index contributed by atoms with van der Waals surface area (Å²) in [7, 11) is 0. The van der Waals surface area contributed by atoms with Crippen LogP contribution in [0.4, 0.5) is 0 Å². The molecule has 1 aromatic rings. The molecule has 1 aliphatic heterocycles. The maximum Gasteiger partial charge on any atom is 0.119 e. The fourth-order valence-corrected chi connectivity index (χ4v) is 2.23. The van der Waals surface area contributed by atoms with E-state index in [0.29, 0.717) is 12.6 Å². The Morgan fingerprint density at radius 3 is 2.47 bits per heavy atom. The van der Waals surface area contributed by atoms with Gasteiger partial charge in [0, 0.05) is 6.04 Å². The standard InChI is InChI=1S/C16H25NO2/c1-12-9-18-10-14(17-12)11-19-15-7-5-13(6-8-15)16(2,3)4/h5-8,12,14,17H,9-11H2,1-4H3. The van der Waals surface area contributed by atoms with Crippen LogP contribution in [0.5, 0.6) is 5.75 Å². The summed E-state index contributed by atoms with van der Waals surface area (Å²) in [6.45, 7) is 10.9. The summed E-state index contributed by atoms with van der Waals surface area (Å²) in [6.07, 6.45) is 0. The second-order valence-electron chi connectivity index (χ2n) is 6.39. The predicted octanol–water partition coefficient (Wildman–Crippen LogP) is 2.74. The molecule has 1 N–H and O–H groups in total. The third kappa shape index (κ3) is 4.22. The van der Waals surface area contributed by atoms with Crippen molar-refractivity contribution in [1.29, 1.82) is 0 Å². The van der Waals surface area contributed by atoms with Crippen LogP contribution in [0.15, 0.2) is 24.3 Å². The fourth-order valence-electron chi connectivity index (χ4n) is 2.23. The summed E-state index contributed by atoms with van der Waals surface area (Å²) in [6, 6.07) is 9.07. The van der Waals surface area contributed by atoms with Gasteiger partial charge >= 0.3 is 0 Å². The summed E-state index contributed by atoms with van der Waals surface area (Å²) in [4.78, 5) is 0. The lowest BCUT2D eigenvalue weighted by molar-refractivity contribution is 0.0353. The van der Waals surface area contributed by atoms with E-state index in [0.717, 1.165) is 19.0 Å². The van der Waals surface area contributed by atoms with E-state index in [-0.39, 0.29) is 11.5 Å². The Morgan fingerprint density at radius 2 is 1.89 bits per heavy atom. The van der Waals surface area contributed by atoms with Gasteiger partial charge in [-0.15, -0.1) is 0 Å². The van der Waals surface area contributed by atoms with Crippen molar-refractivity contribution in [3.8, 4) is 5.75 Å². The van der Waals surface area contributed by atoms with E-state index in [1.165, 1.54) is 5.56 Å². The Balaban J connectivity index is 1.86. The summed E-state index contributed by atoms with van der Waals surface area (Å²) in [5, 5.41) is 3.47. The number of rotatable bonds is 3. The van der Waals surface area contributed by atoms with Crippen molar-refractivity contribution >= 4 is 0 Å². The zero-order valence-corrected chi connectivity index (χ0v) is 12.4. The maximum absolute atomic E-state index is 5.82. The summed E-state index contributed by atoms with van der Waals surface area (Å²) in [5.41, 5.74) is 1.51. The molecular weight excluding hydrogens is 238 g/mol. The Labute approximate surface area is 116 Å². The zero-order valence-electron chi connectivity index (χ0n) is 12.4. The van der Waals surface area contributed by atoms with Crippen LogP contribution in [-0.4, -0.2) is 31.9 Å². The lowest BCUT2D eigenvalue weighted by Gasteiger charge is -2.28. The van der Waals surface area contributed by atoms with Crippen molar-refractivity contribution in [1.82, 2.24) is 5.32 Å². The molecule has 0 aromatic heterocycles. The van der Waals surface area contributed by atoms with Gasteiger partial charge < -0.3 is 14.8 Å². The zero-order chi connectivity index (χ0) is 13.9. The average molecular weight is 263 g/mol. The van der Waals surface area contributed by atoms with E-state index in [1.54, 1.807) is 0 Å². The number of nitrogens with one attached hydrogen (secondary N) is 1. The van der Waals surface area contributed by atoms with Gasteiger partial charge in [-0.2, -0.15) is 0 Å². The average Bonchev–Trinajstić information content (AvgIpc) is 2.36. The second-order valence-corrected chi connectivity index (χ2v) is 6.39. The van der Waals surface area contributed by atoms with Gasteiger partial charge in [-0.05, 0) is 30.0 Å². The molecule has 0 radical (unpaired) electrons. The lowest BCUT2D eigenvalue weighted by atomic mass is 9.87. The molecule has 1 fully saturated rings. The first-order chi connectivity index (χ1) is 8.95. The van der Waals surface area contributed by atoms with E-state index >= 15 is 0 Å². The molecule has 2 rings (SSSR count). The molecule has 0 aliphatic carbocycles. The molecular formula is C16H25NO2. The quantitative estimate of drug-likeness (QED) is 0.909. The molecule has 1 heterocycles. The van der Waals surface area contributed by atoms with Gasteiger partial charge in [0.15, 0.2) is 0 Å². The molecule has 0 bridgehead atoms. The summed E-state index contributed by atoms with van der Waals surface area (Å²) < 4.78 is 11.3. The molecule has 3 heteroatoms. The SMILES string of the molecule is CC1COCC(COc2ccc(C(C)(C)C)cc2)N1. The van der Waals surface area contributed by atoms with Gasteiger partial charge in [0.05, 0.1) is 19.3 Å². The van der Waals surface area contributed by atoms with E-state index in [2.05, 4.69) is 45.1 Å². The first-order valence-corrected chi connectivity index (χ1v) is 7.02. The number of hydrogen-bond acceptors (Lipinski definition) is 3. The molecule has 0 saturated carbocycles. The van der Waals surface area contributed by atoms with Crippen molar-refractivity contribution in [3.05, 3.63) is 29.8 Å². The van der Waals surface area contributed by atoms with E-state index in [1.807, 2.05) is 12.1 Å². The van der Waals surface area contributed by atoms with Crippen LogP contribution >= 0.6 is 0 Å². The van der Waals surface area contributed by atoms with Crippen LogP contribution in [0, 0.1) is 0 Å². The Kier molecular flexibility index (Phi) is 4.48. The van der Waals surface area contributed by atoms with Gasteiger partial charge in [-0.25, -0.2) is 0 Å². The molecule has 0 spiro atoms. The van der Waals surface area contributed by atoms with Gasteiger partial charge in [0.25, 0.3) is 0 Å². The number of morpholine rings is 1. The van der Waals surface area contributed by atoms with Crippen molar-refractivity contribution in [3.63, 3.8) is 0 Å². The first kappa shape index (κ1) is 14.4. The first-order valence-electron chi connectivity index (χ1n) is 7.02. The van der Waals surface area contributed by atoms with Gasteiger partial charge in [0.2, 0.25) is 0 Å². The van der Waals surface area contributed by atoms with Crippen LogP contribution in [-0.2, 0) is 10.2 Å². The monoisotopic (exact) mass is 263 g/mol. The topological polar surface area (TPSA) is 30.5 Å². The normalized spacial score (nSPS) is 24.2. The highest BCUT2D eigenvalue weighted by molar-refractivity contribution is 5.31. The van der Waals surface area contributed by atoms with Crippen molar-refractivity contribution in [2.24, 2.45) is 0 Å². The van der Waals surface area contributed by atoms with Gasteiger partial charge in [0.1, 0.15) is 12.4 Å². The van der Waals surface area contributed by atoms with Crippen LogP contribution in [0.1, 0.15) is 33.3 Å². The van der Waals surface area contributed by atoms with Gasteiger partial charge in [-0.1, -0.05) is 32.9 Å². The molecule has 19 heavy (non-hydrogen) atoms. The third-order valence-electron chi connectivity index (χ3n) is 3.38. The molecule has 1 aliphatic rings. The van der Waals surface area contributed by atoms with Crippen LogP contribution < -0.4 is 10.1 Å². The maximum atomic E-state index is 5.82. The minimum atomic E-state index is 0.187. The Bertz CT molecular complexity index is 394. The Hall–Kier alpha value is -1.06. The van der Waals surface area contributed by atoms with Crippen LogP contribution in [0.2, 0.25) is 0 Å². The van der Waals surface area contributed by atoms with E-state index in [9.17, 15) is 0 Å². The van der Waals surface area contributed by atoms with Crippen molar-refractivity contribution in [2.75, 3.05) is 19.8 Å².